The number of nitrogens with zero attached hydrogens (tertiary/aromatic N) is 6. The van der Waals surface area contributed by atoms with Gasteiger partial charge >= 0.3 is 5.97 Å². The Hall–Kier alpha value is -3.42. The molecule has 10 rings (SSSR count). The minimum absolute atomic E-state index is 0. The van der Waals surface area contributed by atoms with Crippen molar-refractivity contribution >= 4 is 23.4 Å². The number of amides is 1. The summed E-state index contributed by atoms with van der Waals surface area (Å²) in [7, 11) is 3.45. The van der Waals surface area contributed by atoms with Crippen LogP contribution in [0.25, 0.3) is 0 Å². The summed E-state index contributed by atoms with van der Waals surface area (Å²) in [5.74, 6) is 4.89. The fourth-order valence-electron chi connectivity index (χ4n) is 18.5. The van der Waals surface area contributed by atoms with Crippen molar-refractivity contribution in [2.75, 3.05) is 33.7 Å². The molecule has 13 nitrogen and oxygen atoms in total. The van der Waals surface area contributed by atoms with Crippen LogP contribution >= 0.6 is 0 Å². The van der Waals surface area contributed by atoms with Gasteiger partial charge in [-0.15, -0.1) is 0 Å². The summed E-state index contributed by atoms with van der Waals surface area (Å²) in [5, 5.41) is 39.0. The molecule has 13 heteroatoms. The van der Waals surface area contributed by atoms with Crippen molar-refractivity contribution < 1.29 is 34.5 Å². The number of carbonyl (C=O) groups is 4. The number of carboxylic acids is 1. The average molecular weight is 1070 g/mol. The summed E-state index contributed by atoms with van der Waals surface area (Å²) in [6.45, 7) is 28.6. The lowest BCUT2D eigenvalue weighted by atomic mass is 9.44. The topological polar surface area (TPSA) is 171 Å². The molecule has 2 heterocycles. The maximum atomic E-state index is 13.5. The Morgan fingerprint density at radius 2 is 0.922 bits per heavy atom. The third-order valence-corrected chi connectivity index (χ3v) is 22.8. The third kappa shape index (κ3) is 12.7. The van der Waals surface area contributed by atoms with E-state index < -0.39 is 17.2 Å². The highest BCUT2D eigenvalue weighted by atomic mass is 16.4. The number of hydrogen-bond donors (Lipinski definition) is 3. The molecule has 77 heavy (non-hydrogen) atoms. The first kappa shape index (κ1) is 62.8. The Morgan fingerprint density at radius 3 is 1.27 bits per heavy atom. The lowest BCUT2D eigenvalue weighted by Crippen LogP contribution is -2.55. The van der Waals surface area contributed by atoms with E-state index in [1.54, 1.807) is 31.2 Å². The van der Waals surface area contributed by atoms with Crippen molar-refractivity contribution in [3.8, 4) is 0 Å². The molecule has 0 bridgehead atoms. The first-order chi connectivity index (χ1) is 35.7. The van der Waals surface area contributed by atoms with Crippen LogP contribution in [0.5, 0.6) is 0 Å². The quantitative estimate of drug-likeness (QED) is 0.197. The molecule has 3 N–H and O–H groups in total. The standard InChI is InChI=1S/C28H43N3O3.C26H38N2O4.C6H15N.C3H8.CH4/c1-26(34)12-13-27(2)19(14-26)6-7-20-21-8-9-23(28(21,3)11-10-22(20)27)24(32)17-31-16-18(15-29-31)25(33)30(4)5;1-24(32)10-11-25(2)17(12-24)4-5-18-19-6-7-21(26(19,3)9-8-20(18)25)22(29)15-28-14-16(13-27-28)23(30)31;1-4-7(5-2)6-3;1-3-2;/h15-16,19-23,34H,6-14,17H2,1-5H3;13-14,17-21,32H,4-12,15H2,1-3H3,(H,30,31);4-6H2,1-3H3;3H2,1-2H3;1H4/t19-,20+,21+,22+,23-,26-,27+,28+;17-,18+,19+,20+,21-,24-,25+,26+;;;/m11.../s1. The molecule has 16 atom stereocenters. The molecule has 8 saturated carbocycles. The molecule has 8 aliphatic carbocycles. The van der Waals surface area contributed by atoms with Gasteiger partial charge in [0.1, 0.15) is 0 Å². The normalized spacial score (nSPS) is 39.3. The molecular weight excluding hydrogens is 965 g/mol. The number of Topliss-reactive ketones (excluding diaryl/α,β-unsaturated/α-hetero) is 2. The van der Waals surface area contributed by atoms with Gasteiger partial charge in [-0.3, -0.25) is 23.7 Å². The number of carbonyl (C=O) groups excluding carboxylic acids is 3. The Kier molecular flexibility index (Phi) is 20.2. The van der Waals surface area contributed by atoms with Crippen LogP contribution in [0.3, 0.4) is 0 Å². The van der Waals surface area contributed by atoms with Crippen LogP contribution in [0, 0.1) is 80.8 Å². The first-order valence-corrected chi connectivity index (χ1v) is 30.5. The summed E-state index contributed by atoms with van der Waals surface area (Å²) >= 11 is 0. The predicted octanol–water partition coefficient (Wildman–Crippen LogP) is 12.5. The highest BCUT2D eigenvalue weighted by Gasteiger charge is 2.63. The molecule has 0 saturated heterocycles. The van der Waals surface area contributed by atoms with Crippen LogP contribution in [0.4, 0.5) is 0 Å². The zero-order valence-corrected chi connectivity index (χ0v) is 49.7. The maximum absolute atomic E-state index is 13.5. The van der Waals surface area contributed by atoms with E-state index in [1.165, 1.54) is 86.6 Å². The van der Waals surface area contributed by atoms with Gasteiger partial charge in [-0.05, 0) is 218 Å². The van der Waals surface area contributed by atoms with Gasteiger partial charge in [0, 0.05) is 38.3 Å². The van der Waals surface area contributed by atoms with E-state index in [-0.39, 0.29) is 66.2 Å². The van der Waals surface area contributed by atoms with Crippen LogP contribution in [-0.2, 0) is 22.7 Å². The van der Waals surface area contributed by atoms with Crippen molar-refractivity contribution in [1.29, 1.82) is 0 Å². The van der Waals surface area contributed by atoms with Crippen molar-refractivity contribution in [1.82, 2.24) is 29.4 Å². The Labute approximate surface area is 465 Å². The zero-order chi connectivity index (χ0) is 55.8. The molecule has 0 aliphatic heterocycles. The third-order valence-electron chi connectivity index (χ3n) is 22.8. The highest BCUT2D eigenvalue weighted by molar-refractivity contribution is 5.93. The number of aromatic nitrogens is 4. The fraction of sp³-hybridized carbons (Fsp3) is 0.844. The first-order valence-electron chi connectivity index (χ1n) is 30.5. The fourth-order valence-corrected chi connectivity index (χ4v) is 18.5. The molecule has 436 valence electrons. The molecule has 0 unspecified atom stereocenters. The number of hydrogen-bond acceptors (Lipinski definition) is 9. The lowest BCUT2D eigenvalue weighted by Gasteiger charge is -2.61. The van der Waals surface area contributed by atoms with Gasteiger partial charge in [0.25, 0.3) is 5.91 Å². The second-order valence-corrected chi connectivity index (χ2v) is 27.7. The van der Waals surface area contributed by atoms with Gasteiger partial charge in [-0.25, -0.2) is 4.79 Å². The zero-order valence-electron chi connectivity index (χ0n) is 49.7. The number of aliphatic hydroxyl groups is 2. The van der Waals surface area contributed by atoms with Crippen LogP contribution < -0.4 is 0 Å². The summed E-state index contributed by atoms with van der Waals surface area (Å²) in [6, 6.07) is 0. The molecule has 0 spiro atoms. The number of rotatable bonds is 11. The van der Waals surface area contributed by atoms with E-state index in [4.69, 9.17) is 5.11 Å². The second kappa shape index (κ2) is 24.7. The SMILES string of the molecule is C.CCC.CCN(CC)CC.CN(C)C(=O)c1cnn(CC(=O)[C@H]2CC[C@H]3[C@@H]4CC[C@@H]5C[C@](C)(O)CC[C@]5(C)[C@H]4CC[C@]23C)c1.C[C@@]1(O)CC[C@@]2(C)[C@H](CC[C@@H]3[C@@H]2CC[C@]2(C)[C@@H](C(=O)Cn4cc(C(=O)O)cn4)CC[C@@H]32)C1. The number of carboxylic acid groups (broad SMARTS) is 1. The van der Waals surface area contributed by atoms with Gasteiger partial charge < -0.3 is 25.1 Å². The largest absolute Gasteiger partial charge is 0.478 e. The van der Waals surface area contributed by atoms with Gasteiger partial charge in [0.05, 0.1) is 47.8 Å². The van der Waals surface area contributed by atoms with E-state index in [1.807, 2.05) is 13.8 Å². The van der Waals surface area contributed by atoms with Gasteiger partial charge in [-0.1, -0.05) is 76.2 Å². The molecule has 0 aromatic carbocycles. The Bertz CT molecular complexity index is 2310. The van der Waals surface area contributed by atoms with Gasteiger partial charge in [0.2, 0.25) is 0 Å². The lowest BCUT2D eigenvalue weighted by molar-refractivity contribution is -0.151. The Morgan fingerprint density at radius 1 is 0.545 bits per heavy atom. The van der Waals surface area contributed by atoms with Crippen molar-refractivity contribution in [3.63, 3.8) is 0 Å². The molecule has 2 aromatic heterocycles. The second-order valence-electron chi connectivity index (χ2n) is 27.7. The summed E-state index contributed by atoms with van der Waals surface area (Å²) in [4.78, 5) is 54.1. The minimum Gasteiger partial charge on any atom is -0.478 e. The molecule has 8 fully saturated rings. The number of aromatic carboxylic acids is 1. The van der Waals surface area contributed by atoms with Crippen LogP contribution in [0.15, 0.2) is 24.8 Å². The molecular formula is C64H108N6O7. The van der Waals surface area contributed by atoms with Crippen molar-refractivity contribution in [3.05, 3.63) is 35.9 Å². The molecule has 2 aromatic rings. The summed E-state index contributed by atoms with van der Waals surface area (Å²) < 4.78 is 3.15. The number of fused-ring (bicyclic) bond motifs is 10. The molecule has 8 aliphatic rings. The molecule has 0 radical (unpaired) electrons. The van der Waals surface area contributed by atoms with E-state index in [0.717, 1.165) is 88.9 Å². The average Bonchev–Trinajstić information content (AvgIpc) is 4.22. The van der Waals surface area contributed by atoms with Gasteiger partial charge in [-0.2, -0.15) is 10.2 Å². The van der Waals surface area contributed by atoms with Crippen molar-refractivity contribution in [2.24, 2.45) is 80.8 Å². The predicted molar refractivity (Wildman–Crippen MR) is 307 cm³/mol. The smallest absolute Gasteiger partial charge is 0.338 e. The van der Waals surface area contributed by atoms with E-state index in [2.05, 4.69) is 77.4 Å². The van der Waals surface area contributed by atoms with Gasteiger partial charge in [0.15, 0.2) is 11.6 Å². The van der Waals surface area contributed by atoms with E-state index in [9.17, 15) is 29.4 Å². The number of ketones is 2. The monoisotopic (exact) mass is 1070 g/mol. The van der Waals surface area contributed by atoms with E-state index >= 15 is 0 Å². The van der Waals surface area contributed by atoms with E-state index in [0.29, 0.717) is 51.9 Å². The summed E-state index contributed by atoms with van der Waals surface area (Å²) in [6.07, 6.45) is 27.2. The van der Waals surface area contributed by atoms with Crippen LogP contribution in [-0.4, -0.2) is 113 Å². The Balaban J connectivity index is 0.000000210. The summed E-state index contributed by atoms with van der Waals surface area (Å²) in [5.41, 5.74) is 0.472. The van der Waals surface area contributed by atoms with Crippen LogP contribution in [0.2, 0.25) is 0 Å². The maximum Gasteiger partial charge on any atom is 0.338 e. The van der Waals surface area contributed by atoms with Crippen molar-refractivity contribution in [2.45, 2.75) is 230 Å². The van der Waals surface area contributed by atoms with Crippen LogP contribution in [0.1, 0.15) is 226 Å². The molecule has 1 amide bonds. The minimum atomic E-state index is -1.01. The highest BCUT2D eigenvalue weighted by Crippen LogP contribution is 2.70.